The lowest BCUT2D eigenvalue weighted by Crippen LogP contribution is -2.36. The zero-order valence-corrected chi connectivity index (χ0v) is 80.1. The maximum absolute atomic E-state index is 13.8. The number of nitrogens with one attached hydrogen (secondary N) is 4. The minimum absolute atomic E-state index is 0.00122. The minimum Gasteiger partial charge on any atom is -0.396 e. The number of hydrogen-bond acceptors (Lipinski definition) is 49. The predicted octanol–water partition coefficient (Wildman–Crippen LogP) is -1.44. The SMILES string of the molecule is CNc1ncnn2c(C3OC4COP(=O)(O)OC5C(O)C(COP(=O)(O)OC4C3O)OC5n3cnc4c(=O)[nH]c(C)nc43)cnc12.Cc1nc2c(ncn2[C@@H]2O[C@@H]3COP(O)(=S)O[C@@H]4[C@@H](COP(=O)(S)O[C@@H]2[C@@H]3CO)C[C@@H](n2cnc3c(N)ncnc32)[C@@H]4O)c(=O)[nH]1.Cc1nc2c(ncn2[C@@H]2O[C@@H]3COP(O)(=S)O[C@@H]4[C@@H](COP(O)(=S)O[C@@H]2[C@@H]3CO)C[C@@H](n2cnc3c(N)ncnc32)[C@@H]4O)c(=O)[nH]1. The predicted molar refractivity (Wildman–Crippen MR) is 478 cm³/mol. The molecule has 0 spiro atoms. The van der Waals surface area contributed by atoms with E-state index in [4.69, 9.17) is 120 Å². The Kier molecular flexibility index (Phi) is 27.4. The maximum atomic E-state index is 13.8. The number of rotatable bonds is 9. The number of phosphoric acid groups is 2. The zero-order valence-electron chi connectivity index (χ0n) is 71.4. The number of aliphatic hydroxyl groups excluding tert-OH is 6. The number of aromatic amines is 3. The van der Waals surface area contributed by atoms with E-state index in [1.807, 2.05) is 0 Å². The van der Waals surface area contributed by atoms with Crippen molar-refractivity contribution >= 4 is 169 Å². The van der Waals surface area contributed by atoms with E-state index in [-0.39, 0.29) is 102 Å². The Bertz CT molecular complexity index is 6910. The summed E-state index contributed by atoms with van der Waals surface area (Å²) < 4.78 is 141. The van der Waals surface area contributed by atoms with Crippen LogP contribution in [0.25, 0.3) is 61.5 Å². The van der Waals surface area contributed by atoms with Crippen LogP contribution in [0.2, 0.25) is 0 Å². The van der Waals surface area contributed by atoms with Gasteiger partial charge in [-0.25, -0.2) is 88.0 Å². The number of thiol groups is 1. The van der Waals surface area contributed by atoms with Crippen LogP contribution in [-0.4, -0.2) is 318 Å². The second kappa shape index (κ2) is 38.3. The van der Waals surface area contributed by atoms with Crippen LogP contribution in [0.5, 0.6) is 0 Å². The highest BCUT2D eigenvalue weighted by molar-refractivity contribution is 8.44. The van der Waals surface area contributed by atoms with Crippen LogP contribution in [-0.2, 0) is 122 Å². The molecule has 21 rings (SSSR count). The first-order valence-corrected chi connectivity index (χ1v) is 55.1. The third-order valence-electron chi connectivity index (χ3n) is 24.4. The Morgan fingerprint density at radius 1 is 0.442 bits per heavy atom. The molecule has 0 amide bonds. The lowest BCUT2D eigenvalue weighted by molar-refractivity contribution is -0.0638. The Hall–Kier alpha value is -7.99. The number of nitrogen functional groups attached to an aromatic ring is 2. The molecule has 2 saturated carbocycles. The number of H-pyrrole nitrogens is 3. The van der Waals surface area contributed by atoms with Crippen molar-refractivity contribution in [2.75, 3.05) is 76.7 Å². The van der Waals surface area contributed by atoms with Crippen LogP contribution in [0.4, 0.5) is 17.5 Å². The fraction of sp³-hybridized carbons (Fsp3) is 0.559. The van der Waals surface area contributed by atoms with Crippen LogP contribution >= 0.6 is 54.8 Å². The quantitative estimate of drug-likeness (QED) is 0.0581. The minimum atomic E-state index is -5.08. The number of anilines is 3. The molecular formula is C68H85N27O33P6S4. The first-order valence-electron chi connectivity index (χ1n) is 41.6. The molecule has 70 heteroatoms. The Balaban J connectivity index is 0.000000132. The van der Waals surface area contributed by atoms with Gasteiger partial charge in [0.2, 0.25) is 0 Å². The van der Waals surface area contributed by atoms with Gasteiger partial charge in [-0.05, 0) is 69.0 Å². The molecule has 12 aromatic rings. The number of aromatic nitrogens is 24. The van der Waals surface area contributed by atoms with Gasteiger partial charge in [0.15, 0.2) is 86.6 Å². The van der Waals surface area contributed by atoms with Crippen LogP contribution in [0, 0.1) is 44.4 Å². The van der Waals surface area contributed by atoms with Crippen molar-refractivity contribution in [1.82, 2.24) is 117 Å². The van der Waals surface area contributed by atoms with Gasteiger partial charge in [0.05, 0.1) is 121 Å². The average Bonchev–Trinajstić information content (AvgIpc) is 1.89. The van der Waals surface area contributed by atoms with E-state index < -0.39 is 232 Å². The summed E-state index contributed by atoms with van der Waals surface area (Å²) in [4.78, 5) is 158. The van der Waals surface area contributed by atoms with Crippen LogP contribution < -0.4 is 33.5 Å². The summed E-state index contributed by atoms with van der Waals surface area (Å²) in [7, 11) is -8.51. The molecular weight excluding hydrogens is 2040 g/mol. The number of aryl methyl sites for hydroxylation is 3. The maximum Gasteiger partial charge on any atom is 0.472 e. The van der Waals surface area contributed by atoms with Crippen molar-refractivity contribution < 1.29 is 142 Å². The highest BCUT2D eigenvalue weighted by Gasteiger charge is 2.59. The van der Waals surface area contributed by atoms with Gasteiger partial charge in [0, 0.05) is 30.7 Å². The Morgan fingerprint density at radius 3 is 1.32 bits per heavy atom. The largest absolute Gasteiger partial charge is 0.472 e. The molecule has 9 aliphatic rings. The van der Waals surface area contributed by atoms with Gasteiger partial charge >= 0.3 is 42.6 Å². The number of aliphatic hydroxyl groups is 6. The van der Waals surface area contributed by atoms with Gasteiger partial charge in [-0.15, -0.1) is 0 Å². The van der Waals surface area contributed by atoms with E-state index in [1.165, 1.54) is 75.6 Å². The number of phosphoric ester groups is 2. The summed E-state index contributed by atoms with van der Waals surface area (Å²) >= 11 is 20.3. The van der Waals surface area contributed by atoms with Gasteiger partial charge < -0.3 is 147 Å². The second-order valence-corrected chi connectivity index (χ2v) is 47.0. The van der Waals surface area contributed by atoms with Crippen molar-refractivity contribution in [2.45, 2.75) is 156 Å². The molecule has 14 unspecified atom stereocenters. The number of ether oxygens (including phenoxy) is 4. The van der Waals surface area contributed by atoms with Gasteiger partial charge in [-0.3, -0.25) is 50.7 Å². The molecule has 2 aliphatic carbocycles. The summed E-state index contributed by atoms with van der Waals surface area (Å²) in [6.45, 7) is -15.7. The van der Waals surface area contributed by atoms with Gasteiger partial charge in [0.1, 0.15) is 127 Å². The van der Waals surface area contributed by atoms with Crippen molar-refractivity contribution in [3.05, 3.63) is 111 Å². The number of imidazole rings is 6. The lowest BCUT2D eigenvalue weighted by atomic mass is 9.99. The number of fused-ring (bicyclic) bond motifs is 15. The molecule has 744 valence electrons. The molecule has 60 nitrogen and oxygen atoms in total. The van der Waals surface area contributed by atoms with E-state index >= 15 is 0 Å². The van der Waals surface area contributed by atoms with E-state index in [0.29, 0.717) is 39.8 Å². The third-order valence-corrected chi connectivity index (χ3v) is 32.7. The van der Waals surface area contributed by atoms with E-state index in [2.05, 4.69) is 107 Å². The molecule has 12 aromatic heterocycles. The molecule has 0 radical (unpaired) electrons. The van der Waals surface area contributed by atoms with Gasteiger partial charge in [-0.2, -0.15) is 5.10 Å². The topological polar surface area (TPSA) is 806 Å². The fourth-order valence-corrected chi connectivity index (χ4v) is 26.0. The van der Waals surface area contributed by atoms with E-state index in [1.54, 1.807) is 30.0 Å². The fourth-order valence-electron chi connectivity index (χ4n) is 18.1. The van der Waals surface area contributed by atoms with Gasteiger partial charge in [-0.1, -0.05) is 12.2 Å². The molecule has 19 heterocycles. The summed E-state index contributed by atoms with van der Waals surface area (Å²) in [5, 5.41) is 72.9. The van der Waals surface area contributed by atoms with E-state index in [0.717, 1.165) is 6.33 Å². The normalized spacial score (nSPS) is 37.1. The Morgan fingerprint density at radius 2 is 0.848 bits per heavy atom. The summed E-state index contributed by atoms with van der Waals surface area (Å²) in [5.74, 6) is -1.63. The summed E-state index contributed by atoms with van der Waals surface area (Å²) in [6.07, 6.45) is -11.5. The molecule has 6 bridgehead atoms. The summed E-state index contributed by atoms with van der Waals surface area (Å²) in [6, 6.07) is -1.38. The summed E-state index contributed by atoms with van der Waals surface area (Å²) in [5.41, 5.74) is 12.5. The smallest absolute Gasteiger partial charge is 0.396 e. The van der Waals surface area contributed by atoms with Crippen LogP contribution in [0.3, 0.4) is 0 Å². The molecule has 138 heavy (non-hydrogen) atoms. The molecule has 9 fully saturated rings. The second-order valence-electron chi connectivity index (χ2n) is 32.9. The molecule has 19 N–H and O–H groups in total. The van der Waals surface area contributed by atoms with E-state index in [9.17, 15) is 83.2 Å². The molecule has 7 saturated heterocycles. The van der Waals surface area contributed by atoms with Crippen molar-refractivity contribution in [3.8, 4) is 0 Å². The monoisotopic (exact) mass is 2120 g/mol. The molecule has 0 aromatic carbocycles. The standard InChI is InChI=1S/2C23H29N9O10P2S2.C22H27N9O13P2/c2*1-9-29-21-15(22(35)30-9)28-8-32(21)23-18-11(3-33)13(40-23)5-39-44(37,46)41-17-10(4-38-43(36,45)42-18)2-12(16(17)34)31-7-27-14-19(24)25-6-26-20(14)31;1-8-28-19-12(21(34)29-8)26-7-30(19)22-17-13(32)10(42-22)4-39-45(35,36)43-16-11(5-40-46(37,38)44-17)41-15(14(16)33)9-3-24-20-18(23-2)25-6-27-31(9)20/h2*6-8,10-13,16-18,23,33-34H,2-5H2,1H3,(H,36,45)(H,37,46)(H2,24,25,26)(H,29,30,35);3,6-7,10-11,13-17,22,32-33H,4-5H2,1-2H3,(H,35,36)(H,37,38)(H,23,25,27)(H,28,29,34)/t2*10-,11-,12-,13-,16+,17-,18-,23-,43?,44?;/m11./s1. The highest BCUT2D eigenvalue weighted by atomic mass is 32.7. The first kappa shape index (κ1) is 98.8. The number of nitrogens with two attached hydrogens (primary N) is 2. The van der Waals surface area contributed by atoms with Crippen LogP contribution in [0.15, 0.2) is 71.2 Å². The number of hydrogen-bond donors (Lipinski definition) is 18. The molecule has 7 aliphatic heterocycles. The number of nitrogens with zero attached hydrogens (tertiary/aromatic N) is 21. The average molecular weight is 2120 g/mol. The third kappa shape index (κ3) is 19.2. The van der Waals surface area contributed by atoms with Crippen molar-refractivity contribution in [1.29, 1.82) is 0 Å². The van der Waals surface area contributed by atoms with Crippen molar-refractivity contribution in [2.24, 2.45) is 23.7 Å². The zero-order chi connectivity index (χ0) is 97.6. The Labute approximate surface area is 791 Å². The van der Waals surface area contributed by atoms with Crippen molar-refractivity contribution in [3.63, 3.8) is 0 Å². The van der Waals surface area contributed by atoms with Crippen LogP contribution in [0.1, 0.15) is 72.9 Å². The lowest BCUT2D eigenvalue weighted by Gasteiger charge is -2.29. The highest BCUT2D eigenvalue weighted by Crippen LogP contribution is 2.62. The first-order chi connectivity index (χ1) is 65.6. The van der Waals surface area contributed by atoms with Gasteiger partial charge in [0.25, 0.3) is 16.7 Å². The molecule has 30 atom stereocenters.